The Morgan fingerprint density at radius 1 is 0.867 bits per heavy atom. The average molecular weight is 206 g/mol. The first kappa shape index (κ1) is 12.1. The lowest BCUT2D eigenvalue weighted by Gasteiger charge is -2.25. The van der Waals surface area contributed by atoms with E-state index in [0.29, 0.717) is 17.8 Å². The molecular weight excluding hydrogens is 184 g/mol. The minimum atomic E-state index is 0.635. The lowest BCUT2D eigenvalue weighted by atomic mass is 9.80. The summed E-state index contributed by atoms with van der Waals surface area (Å²) in [6.45, 7) is 9.15. The maximum atomic E-state index is 5.17. The Bertz CT molecular complexity index is 277. The number of benzene rings is 1. The first-order valence-corrected chi connectivity index (χ1v) is 5.70. The zero-order chi connectivity index (χ0) is 11.4. The lowest BCUT2D eigenvalue weighted by molar-refractivity contribution is 0.385. The van der Waals surface area contributed by atoms with Crippen molar-refractivity contribution in [2.45, 2.75) is 33.6 Å². The van der Waals surface area contributed by atoms with Gasteiger partial charge in [-0.3, -0.25) is 0 Å². The molecule has 84 valence electrons. The fourth-order valence-electron chi connectivity index (χ4n) is 2.37. The Balaban J connectivity index is 2.92. The van der Waals surface area contributed by atoms with Crippen LogP contribution in [0.2, 0.25) is 0 Å². The van der Waals surface area contributed by atoms with E-state index >= 15 is 0 Å². The molecule has 1 heteroatoms. The molecule has 15 heavy (non-hydrogen) atoms. The first-order valence-electron chi connectivity index (χ1n) is 5.70. The van der Waals surface area contributed by atoms with Crippen LogP contribution in [0, 0.1) is 11.8 Å². The van der Waals surface area contributed by atoms with Crippen LogP contribution in [0.1, 0.15) is 39.2 Å². The molecule has 0 amide bonds. The zero-order valence-electron chi connectivity index (χ0n) is 10.4. The number of rotatable bonds is 4. The summed E-state index contributed by atoms with van der Waals surface area (Å²) in [5.41, 5.74) is 1.42. The molecule has 1 nitrogen and oxygen atoms in total. The molecule has 0 aromatic heterocycles. The third-order valence-electron chi connectivity index (χ3n) is 2.94. The molecule has 0 atom stereocenters. The maximum Gasteiger partial charge on any atom is 0.118 e. The minimum Gasteiger partial charge on any atom is -0.497 e. The quantitative estimate of drug-likeness (QED) is 0.721. The second-order valence-electron chi connectivity index (χ2n) is 4.79. The van der Waals surface area contributed by atoms with Crippen LogP contribution in [-0.4, -0.2) is 7.11 Å². The Labute approximate surface area is 93.5 Å². The first-order chi connectivity index (χ1) is 7.06. The molecule has 0 fully saturated rings. The van der Waals surface area contributed by atoms with Crippen molar-refractivity contribution >= 4 is 0 Å². The van der Waals surface area contributed by atoms with E-state index < -0.39 is 0 Å². The van der Waals surface area contributed by atoms with Crippen LogP contribution in [0.25, 0.3) is 0 Å². The summed E-state index contributed by atoms with van der Waals surface area (Å²) in [4.78, 5) is 0. The zero-order valence-corrected chi connectivity index (χ0v) is 10.4. The standard InChI is InChI=1S/C14H22O/c1-10(2)14(11(3)4)12-6-8-13(15-5)9-7-12/h6-11,14H,1-5H3. The van der Waals surface area contributed by atoms with Gasteiger partial charge in [0.1, 0.15) is 5.75 Å². The highest BCUT2D eigenvalue weighted by Gasteiger charge is 2.19. The highest BCUT2D eigenvalue weighted by atomic mass is 16.5. The molecule has 0 unspecified atom stereocenters. The largest absolute Gasteiger partial charge is 0.497 e. The van der Waals surface area contributed by atoms with Crippen LogP contribution < -0.4 is 4.74 Å². The third-order valence-corrected chi connectivity index (χ3v) is 2.94. The molecule has 1 aromatic carbocycles. The fourth-order valence-corrected chi connectivity index (χ4v) is 2.37. The van der Waals surface area contributed by atoms with Crippen LogP contribution in [-0.2, 0) is 0 Å². The van der Waals surface area contributed by atoms with Gasteiger partial charge in [-0.25, -0.2) is 0 Å². The van der Waals surface area contributed by atoms with Gasteiger partial charge in [-0.1, -0.05) is 39.8 Å². The van der Waals surface area contributed by atoms with Gasteiger partial charge in [0.15, 0.2) is 0 Å². The van der Waals surface area contributed by atoms with Crippen molar-refractivity contribution in [2.24, 2.45) is 11.8 Å². The molecule has 0 N–H and O–H groups in total. The van der Waals surface area contributed by atoms with Crippen LogP contribution >= 0.6 is 0 Å². The van der Waals surface area contributed by atoms with Gasteiger partial charge in [0.05, 0.1) is 7.11 Å². The summed E-state index contributed by atoms with van der Waals surface area (Å²) in [7, 11) is 1.71. The van der Waals surface area contributed by atoms with Gasteiger partial charge in [0.2, 0.25) is 0 Å². The Morgan fingerprint density at radius 3 is 1.67 bits per heavy atom. The molecule has 0 aliphatic carbocycles. The maximum absolute atomic E-state index is 5.17. The molecule has 0 saturated carbocycles. The minimum absolute atomic E-state index is 0.635. The van der Waals surface area contributed by atoms with Crippen LogP contribution in [0.4, 0.5) is 0 Å². The second kappa shape index (κ2) is 5.20. The summed E-state index contributed by atoms with van der Waals surface area (Å²) in [6, 6.07) is 8.47. The van der Waals surface area contributed by atoms with E-state index in [2.05, 4.69) is 39.8 Å². The average Bonchev–Trinajstić information content (AvgIpc) is 2.18. The van der Waals surface area contributed by atoms with Crippen molar-refractivity contribution in [2.75, 3.05) is 7.11 Å². The monoisotopic (exact) mass is 206 g/mol. The van der Waals surface area contributed by atoms with Gasteiger partial charge >= 0.3 is 0 Å². The predicted octanol–water partition coefficient (Wildman–Crippen LogP) is 4.09. The van der Waals surface area contributed by atoms with E-state index in [-0.39, 0.29) is 0 Å². The van der Waals surface area contributed by atoms with E-state index in [1.807, 2.05) is 12.1 Å². The van der Waals surface area contributed by atoms with E-state index in [1.54, 1.807) is 7.11 Å². The van der Waals surface area contributed by atoms with Crippen LogP contribution in [0.5, 0.6) is 5.75 Å². The number of methoxy groups -OCH3 is 1. The van der Waals surface area contributed by atoms with Gasteiger partial charge in [-0.2, -0.15) is 0 Å². The molecular formula is C14H22O. The Hall–Kier alpha value is -0.980. The highest BCUT2D eigenvalue weighted by molar-refractivity contribution is 5.29. The molecule has 0 heterocycles. The Morgan fingerprint density at radius 2 is 1.33 bits per heavy atom. The highest BCUT2D eigenvalue weighted by Crippen LogP contribution is 2.32. The van der Waals surface area contributed by atoms with Crippen molar-refractivity contribution in [3.63, 3.8) is 0 Å². The smallest absolute Gasteiger partial charge is 0.118 e. The number of ether oxygens (including phenoxy) is 1. The molecule has 0 radical (unpaired) electrons. The lowest BCUT2D eigenvalue weighted by Crippen LogP contribution is -2.13. The summed E-state index contributed by atoms with van der Waals surface area (Å²) in [5.74, 6) is 2.93. The van der Waals surface area contributed by atoms with Crippen molar-refractivity contribution in [1.82, 2.24) is 0 Å². The molecule has 0 bridgehead atoms. The van der Waals surface area contributed by atoms with E-state index in [0.717, 1.165) is 5.75 Å². The van der Waals surface area contributed by atoms with Gasteiger partial charge in [-0.15, -0.1) is 0 Å². The number of hydrogen-bond acceptors (Lipinski definition) is 1. The summed E-state index contributed by atoms with van der Waals surface area (Å²) >= 11 is 0. The fraction of sp³-hybridized carbons (Fsp3) is 0.571. The normalized spacial score (nSPS) is 11.5. The topological polar surface area (TPSA) is 9.23 Å². The van der Waals surface area contributed by atoms with Gasteiger partial charge in [-0.05, 0) is 35.4 Å². The van der Waals surface area contributed by atoms with Crippen molar-refractivity contribution < 1.29 is 4.74 Å². The SMILES string of the molecule is COc1ccc(C(C(C)C)C(C)C)cc1. The molecule has 0 aliphatic rings. The van der Waals surface area contributed by atoms with Gasteiger partial charge in [0, 0.05) is 0 Å². The second-order valence-corrected chi connectivity index (χ2v) is 4.79. The van der Waals surface area contributed by atoms with E-state index in [9.17, 15) is 0 Å². The summed E-state index contributed by atoms with van der Waals surface area (Å²) in [6.07, 6.45) is 0. The summed E-state index contributed by atoms with van der Waals surface area (Å²) in [5, 5.41) is 0. The molecule has 1 aromatic rings. The van der Waals surface area contributed by atoms with Crippen LogP contribution in [0.3, 0.4) is 0 Å². The predicted molar refractivity (Wildman–Crippen MR) is 65.4 cm³/mol. The molecule has 0 aliphatic heterocycles. The van der Waals surface area contributed by atoms with E-state index in [4.69, 9.17) is 4.74 Å². The van der Waals surface area contributed by atoms with Gasteiger partial charge < -0.3 is 4.74 Å². The van der Waals surface area contributed by atoms with Gasteiger partial charge in [0.25, 0.3) is 0 Å². The Kier molecular flexibility index (Phi) is 4.19. The summed E-state index contributed by atoms with van der Waals surface area (Å²) < 4.78 is 5.17. The van der Waals surface area contributed by atoms with Crippen molar-refractivity contribution in [3.05, 3.63) is 29.8 Å². The third kappa shape index (κ3) is 2.98. The van der Waals surface area contributed by atoms with Crippen molar-refractivity contribution in [1.29, 1.82) is 0 Å². The number of hydrogen-bond donors (Lipinski definition) is 0. The molecule has 0 saturated heterocycles. The van der Waals surface area contributed by atoms with E-state index in [1.165, 1.54) is 5.56 Å². The molecule has 0 spiro atoms. The molecule has 1 rings (SSSR count). The van der Waals surface area contributed by atoms with Crippen LogP contribution in [0.15, 0.2) is 24.3 Å². The van der Waals surface area contributed by atoms with Crippen molar-refractivity contribution in [3.8, 4) is 5.75 Å².